The van der Waals surface area contributed by atoms with Crippen LogP contribution in [0.4, 0.5) is 0 Å². The largest absolute Gasteiger partial charge is 0.508 e. The number of phenolic OH excluding ortho intramolecular Hbond substituents is 1. The first kappa shape index (κ1) is 14.4. The zero-order valence-corrected chi connectivity index (χ0v) is 13.2. The molecule has 0 fully saturated rings. The second-order valence-electron chi connectivity index (χ2n) is 5.74. The van der Waals surface area contributed by atoms with Gasteiger partial charge in [0.05, 0.1) is 28.3 Å². The Labute approximate surface area is 129 Å². The highest BCUT2D eigenvalue weighted by Crippen LogP contribution is 2.31. The highest BCUT2D eigenvalue weighted by molar-refractivity contribution is 5.67. The summed E-state index contributed by atoms with van der Waals surface area (Å²) >= 11 is 0. The summed E-state index contributed by atoms with van der Waals surface area (Å²) in [5.74, 6) is 1.32. The molecule has 3 rings (SSSR count). The van der Waals surface area contributed by atoms with Crippen LogP contribution in [0, 0.1) is 13.8 Å². The number of rotatable bonds is 3. The van der Waals surface area contributed by atoms with Crippen molar-refractivity contribution in [2.75, 3.05) is 0 Å². The summed E-state index contributed by atoms with van der Waals surface area (Å²) in [6.45, 7) is 8.05. The van der Waals surface area contributed by atoms with E-state index in [1.54, 1.807) is 12.1 Å². The van der Waals surface area contributed by atoms with Crippen LogP contribution < -0.4 is 0 Å². The summed E-state index contributed by atoms with van der Waals surface area (Å²) in [4.78, 5) is 0. The molecule has 2 heterocycles. The zero-order chi connectivity index (χ0) is 15.9. The van der Waals surface area contributed by atoms with Gasteiger partial charge in [0.1, 0.15) is 11.5 Å². The minimum absolute atomic E-state index is 0.235. The average Bonchev–Trinajstić information content (AvgIpc) is 3.04. The Morgan fingerprint density at radius 3 is 2.36 bits per heavy atom. The Morgan fingerprint density at radius 1 is 1.14 bits per heavy atom. The van der Waals surface area contributed by atoms with Crippen molar-refractivity contribution in [1.29, 1.82) is 0 Å². The number of nitrogens with zero attached hydrogens (tertiary/aromatic N) is 3. The number of phenols is 1. The van der Waals surface area contributed by atoms with E-state index in [1.807, 2.05) is 30.7 Å². The van der Waals surface area contributed by atoms with Crippen molar-refractivity contribution in [1.82, 2.24) is 14.9 Å². The van der Waals surface area contributed by atoms with E-state index < -0.39 is 0 Å². The van der Waals surface area contributed by atoms with Crippen molar-refractivity contribution in [3.05, 3.63) is 47.5 Å². The molecule has 0 aliphatic heterocycles. The van der Waals surface area contributed by atoms with Gasteiger partial charge in [0.25, 0.3) is 0 Å². The highest BCUT2D eigenvalue weighted by atomic mass is 16.5. The molecule has 0 amide bonds. The molecular formula is C17H19N3O2. The van der Waals surface area contributed by atoms with Gasteiger partial charge < -0.3 is 9.63 Å². The van der Waals surface area contributed by atoms with E-state index in [4.69, 9.17) is 9.62 Å². The molecular weight excluding hydrogens is 278 g/mol. The molecule has 0 saturated carbocycles. The molecule has 5 heteroatoms. The molecule has 0 bridgehead atoms. The number of aromatic hydroxyl groups is 1. The molecule has 0 radical (unpaired) electrons. The molecule has 2 aromatic heterocycles. The zero-order valence-electron chi connectivity index (χ0n) is 13.2. The minimum atomic E-state index is 0.235. The summed E-state index contributed by atoms with van der Waals surface area (Å²) in [7, 11) is 0. The van der Waals surface area contributed by atoms with Gasteiger partial charge in [0, 0.05) is 0 Å². The third-order valence-corrected chi connectivity index (χ3v) is 3.70. The van der Waals surface area contributed by atoms with Gasteiger partial charge >= 0.3 is 0 Å². The van der Waals surface area contributed by atoms with Crippen LogP contribution in [-0.2, 0) is 0 Å². The molecule has 0 aliphatic carbocycles. The molecule has 0 saturated heterocycles. The SMILES string of the molecule is Cc1noc(C)c1-c1cc(C(C)C)nn1-c1ccc(O)cc1. The first-order valence-corrected chi connectivity index (χ1v) is 7.30. The van der Waals surface area contributed by atoms with Crippen LogP contribution in [0.3, 0.4) is 0 Å². The Kier molecular flexibility index (Phi) is 3.48. The summed E-state index contributed by atoms with van der Waals surface area (Å²) in [6.07, 6.45) is 0. The predicted molar refractivity (Wildman–Crippen MR) is 84.3 cm³/mol. The molecule has 0 spiro atoms. The standard InChI is InChI=1S/C17H19N3O2/c1-10(2)15-9-16(17-11(3)19-22-12(17)4)20(18-15)13-5-7-14(21)8-6-13/h5-10,21H,1-4H3. The normalized spacial score (nSPS) is 11.3. The average molecular weight is 297 g/mol. The van der Waals surface area contributed by atoms with Gasteiger partial charge in [-0.15, -0.1) is 0 Å². The van der Waals surface area contributed by atoms with Gasteiger partial charge in [-0.05, 0) is 50.1 Å². The number of aromatic nitrogens is 3. The first-order valence-electron chi connectivity index (χ1n) is 7.30. The van der Waals surface area contributed by atoms with E-state index >= 15 is 0 Å². The molecule has 3 aromatic rings. The first-order chi connectivity index (χ1) is 10.5. The number of hydrogen-bond acceptors (Lipinski definition) is 4. The van der Waals surface area contributed by atoms with Crippen LogP contribution in [0.2, 0.25) is 0 Å². The third kappa shape index (κ3) is 2.39. The number of hydrogen-bond donors (Lipinski definition) is 1. The molecule has 1 aromatic carbocycles. The number of benzene rings is 1. The van der Waals surface area contributed by atoms with Crippen LogP contribution in [-0.4, -0.2) is 20.0 Å². The van der Waals surface area contributed by atoms with Crippen molar-refractivity contribution in [3.63, 3.8) is 0 Å². The summed E-state index contributed by atoms with van der Waals surface area (Å²) < 4.78 is 7.17. The Bertz CT molecular complexity index is 778. The van der Waals surface area contributed by atoms with Crippen molar-refractivity contribution in [3.8, 4) is 22.7 Å². The lowest BCUT2D eigenvalue weighted by atomic mass is 10.1. The lowest BCUT2D eigenvalue weighted by molar-refractivity contribution is 0.393. The molecule has 0 atom stereocenters. The van der Waals surface area contributed by atoms with E-state index in [2.05, 4.69) is 25.1 Å². The fourth-order valence-electron chi connectivity index (χ4n) is 2.50. The van der Waals surface area contributed by atoms with Crippen LogP contribution in [0.25, 0.3) is 16.9 Å². The van der Waals surface area contributed by atoms with Gasteiger partial charge in [0.2, 0.25) is 0 Å². The van der Waals surface area contributed by atoms with Crippen LogP contribution in [0.15, 0.2) is 34.9 Å². The summed E-state index contributed by atoms with van der Waals surface area (Å²) in [5, 5.41) is 18.2. The number of aryl methyl sites for hydroxylation is 2. The molecule has 1 N–H and O–H groups in total. The molecule has 0 aliphatic rings. The monoisotopic (exact) mass is 297 g/mol. The van der Waals surface area contributed by atoms with Gasteiger partial charge in [-0.1, -0.05) is 19.0 Å². The molecule has 0 unspecified atom stereocenters. The van der Waals surface area contributed by atoms with Gasteiger partial charge in [-0.3, -0.25) is 0 Å². The van der Waals surface area contributed by atoms with E-state index in [0.717, 1.165) is 34.1 Å². The maximum atomic E-state index is 9.48. The minimum Gasteiger partial charge on any atom is -0.508 e. The van der Waals surface area contributed by atoms with Crippen LogP contribution in [0.5, 0.6) is 5.75 Å². The fourth-order valence-corrected chi connectivity index (χ4v) is 2.50. The van der Waals surface area contributed by atoms with Crippen LogP contribution >= 0.6 is 0 Å². The summed E-state index contributed by atoms with van der Waals surface area (Å²) in [6, 6.07) is 9.07. The van der Waals surface area contributed by atoms with Crippen molar-refractivity contribution in [2.24, 2.45) is 0 Å². The smallest absolute Gasteiger partial charge is 0.143 e. The quantitative estimate of drug-likeness (QED) is 0.794. The fraction of sp³-hybridized carbons (Fsp3) is 0.294. The van der Waals surface area contributed by atoms with E-state index in [9.17, 15) is 5.11 Å². The van der Waals surface area contributed by atoms with Crippen molar-refractivity contribution in [2.45, 2.75) is 33.6 Å². The maximum absolute atomic E-state index is 9.48. The van der Waals surface area contributed by atoms with Gasteiger partial charge in [0.15, 0.2) is 0 Å². The van der Waals surface area contributed by atoms with Crippen LogP contribution in [0.1, 0.15) is 36.9 Å². The Morgan fingerprint density at radius 2 is 1.82 bits per heavy atom. The Balaban J connectivity index is 2.23. The third-order valence-electron chi connectivity index (χ3n) is 3.70. The van der Waals surface area contributed by atoms with Gasteiger partial charge in [-0.2, -0.15) is 5.10 Å². The lowest BCUT2D eigenvalue weighted by Crippen LogP contribution is -2.00. The summed E-state index contributed by atoms with van der Waals surface area (Å²) in [5.41, 5.74) is 4.65. The highest BCUT2D eigenvalue weighted by Gasteiger charge is 2.20. The van der Waals surface area contributed by atoms with E-state index in [-0.39, 0.29) is 5.75 Å². The van der Waals surface area contributed by atoms with E-state index in [0.29, 0.717) is 5.92 Å². The van der Waals surface area contributed by atoms with E-state index in [1.165, 1.54) is 0 Å². The predicted octanol–water partition coefficient (Wildman–Crippen LogP) is 3.97. The molecule has 5 nitrogen and oxygen atoms in total. The van der Waals surface area contributed by atoms with Gasteiger partial charge in [-0.25, -0.2) is 4.68 Å². The second-order valence-corrected chi connectivity index (χ2v) is 5.74. The topological polar surface area (TPSA) is 64.1 Å². The maximum Gasteiger partial charge on any atom is 0.143 e. The Hall–Kier alpha value is -2.56. The van der Waals surface area contributed by atoms with Crippen molar-refractivity contribution < 1.29 is 9.63 Å². The molecule has 114 valence electrons. The molecule has 22 heavy (non-hydrogen) atoms. The lowest BCUT2D eigenvalue weighted by Gasteiger charge is -2.07. The van der Waals surface area contributed by atoms with Crippen molar-refractivity contribution >= 4 is 0 Å². The second kappa shape index (κ2) is 5.33.